The van der Waals surface area contributed by atoms with Gasteiger partial charge in [-0.15, -0.1) is 5.06 Å². The van der Waals surface area contributed by atoms with Crippen LogP contribution < -0.4 is 10.6 Å². The highest BCUT2D eigenvalue weighted by molar-refractivity contribution is 5.84. The van der Waals surface area contributed by atoms with Crippen LogP contribution in [0.25, 0.3) is 0 Å². The summed E-state index contributed by atoms with van der Waals surface area (Å²) in [7, 11) is 1.50. The van der Waals surface area contributed by atoms with Gasteiger partial charge in [-0.2, -0.15) is 0 Å². The number of hydrogen-bond acceptors (Lipinski definition) is 7. The molecule has 10 heteroatoms. The van der Waals surface area contributed by atoms with Gasteiger partial charge in [0.25, 0.3) is 5.91 Å². The monoisotopic (exact) mass is 424 g/mol. The van der Waals surface area contributed by atoms with Crippen molar-refractivity contribution in [2.75, 3.05) is 33.2 Å². The molecule has 1 saturated heterocycles. The zero-order chi connectivity index (χ0) is 22.5. The molecule has 0 bridgehead atoms. The summed E-state index contributed by atoms with van der Waals surface area (Å²) in [4.78, 5) is 65.1. The first kappa shape index (κ1) is 25.3. The Hall–Kier alpha value is -2.75. The molecule has 1 rings (SSSR count). The molecular formula is C20H32N4O6. The van der Waals surface area contributed by atoms with E-state index in [1.165, 1.54) is 11.9 Å². The molecule has 1 fully saturated rings. The van der Waals surface area contributed by atoms with Crippen LogP contribution in [-0.4, -0.2) is 72.7 Å². The van der Waals surface area contributed by atoms with Gasteiger partial charge in [-0.1, -0.05) is 19.9 Å². The highest BCUT2D eigenvalue weighted by atomic mass is 16.7. The average Bonchev–Trinajstić information content (AvgIpc) is 3.02. The Kier molecular flexibility index (Phi) is 11.4. The van der Waals surface area contributed by atoms with Crippen LogP contribution in [0, 0.1) is 0 Å². The molecule has 0 aromatic carbocycles. The van der Waals surface area contributed by atoms with E-state index in [0.717, 1.165) is 5.06 Å². The number of Topliss-reactive ketones (excluding diaryl/α,β-unsaturated/α-hetero) is 1. The van der Waals surface area contributed by atoms with E-state index in [1.807, 2.05) is 0 Å². The van der Waals surface area contributed by atoms with Crippen molar-refractivity contribution in [2.45, 2.75) is 51.9 Å². The first-order chi connectivity index (χ1) is 14.3. The number of allylic oxidation sites excluding steroid dienone is 1. The maximum atomic E-state index is 12.1. The van der Waals surface area contributed by atoms with E-state index in [-0.39, 0.29) is 49.6 Å². The number of hydroxylamine groups is 2. The van der Waals surface area contributed by atoms with Gasteiger partial charge in [-0.3, -0.25) is 24.1 Å². The van der Waals surface area contributed by atoms with Gasteiger partial charge in [-0.25, -0.2) is 4.79 Å². The number of unbranched alkanes of at least 4 members (excludes halogenated alkanes) is 2. The summed E-state index contributed by atoms with van der Waals surface area (Å²) >= 11 is 0. The number of nitrogens with zero attached hydrogens (tertiary/aromatic N) is 2. The van der Waals surface area contributed by atoms with Crippen molar-refractivity contribution in [3.8, 4) is 0 Å². The van der Waals surface area contributed by atoms with Crippen LogP contribution in [0.4, 0.5) is 0 Å². The summed E-state index contributed by atoms with van der Waals surface area (Å²) in [5, 5.41) is 6.19. The summed E-state index contributed by atoms with van der Waals surface area (Å²) < 4.78 is 0. The zero-order valence-corrected chi connectivity index (χ0v) is 17.8. The minimum absolute atomic E-state index is 0.0241. The van der Waals surface area contributed by atoms with Crippen LogP contribution in [0.1, 0.15) is 51.9 Å². The molecule has 30 heavy (non-hydrogen) atoms. The normalized spacial score (nSPS) is 13.5. The number of ketones is 1. The van der Waals surface area contributed by atoms with E-state index < -0.39 is 5.97 Å². The molecule has 0 aromatic heterocycles. The van der Waals surface area contributed by atoms with Crippen LogP contribution in [0.15, 0.2) is 12.3 Å². The average molecular weight is 424 g/mol. The van der Waals surface area contributed by atoms with E-state index in [2.05, 4.69) is 17.2 Å². The second kappa shape index (κ2) is 13.5. The van der Waals surface area contributed by atoms with Gasteiger partial charge in [0.2, 0.25) is 11.8 Å². The third-order valence-electron chi connectivity index (χ3n) is 4.52. The number of hydrogen-bond donors (Lipinski definition) is 2. The maximum Gasteiger partial charge on any atom is 0.333 e. The Morgan fingerprint density at radius 3 is 2.37 bits per heavy atom. The van der Waals surface area contributed by atoms with E-state index in [0.29, 0.717) is 50.8 Å². The van der Waals surface area contributed by atoms with E-state index >= 15 is 0 Å². The van der Waals surface area contributed by atoms with Gasteiger partial charge in [0, 0.05) is 32.9 Å². The topological polar surface area (TPSA) is 125 Å². The summed E-state index contributed by atoms with van der Waals surface area (Å²) in [6.45, 7) is 5.81. The lowest BCUT2D eigenvalue weighted by atomic mass is 10.2. The third kappa shape index (κ3) is 9.64. The minimum Gasteiger partial charge on any atom is -0.358 e. The standard InChI is InChI=1S/C20H32N4O6/c1-4-16(25)12-23(13-17(26)21-3)14-18(27)22-11-7-5-6-8-20(29)30-24-15(2)9-10-19(24)28/h2,4-14H2,1,3H3,(H,21,26)(H,22,27). The molecule has 3 amide bonds. The molecule has 10 nitrogen and oxygen atoms in total. The summed E-state index contributed by atoms with van der Waals surface area (Å²) in [6.07, 6.45) is 3.24. The number of likely N-dealkylation sites (N-methyl/N-ethyl adjacent to an activating group) is 1. The van der Waals surface area contributed by atoms with Crippen molar-refractivity contribution >= 4 is 29.5 Å². The fraction of sp³-hybridized carbons (Fsp3) is 0.650. The molecule has 0 aliphatic carbocycles. The van der Waals surface area contributed by atoms with Gasteiger partial charge in [-0.05, 0) is 19.3 Å². The second-order valence-electron chi connectivity index (χ2n) is 7.09. The molecule has 1 heterocycles. The van der Waals surface area contributed by atoms with Crippen LogP contribution in [0.2, 0.25) is 0 Å². The van der Waals surface area contributed by atoms with E-state index in [9.17, 15) is 24.0 Å². The van der Waals surface area contributed by atoms with Crippen molar-refractivity contribution in [3.05, 3.63) is 12.3 Å². The SMILES string of the molecule is C=C1CCC(=O)N1OC(=O)CCCCCNC(=O)CN(CC(=O)CC)CC(=O)NC. The maximum absolute atomic E-state index is 12.1. The molecule has 2 N–H and O–H groups in total. The van der Waals surface area contributed by atoms with Crippen molar-refractivity contribution in [2.24, 2.45) is 0 Å². The first-order valence-corrected chi connectivity index (χ1v) is 10.2. The number of amides is 3. The minimum atomic E-state index is -0.485. The third-order valence-corrected chi connectivity index (χ3v) is 4.52. The predicted octanol–water partition coefficient (Wildman–Crippen LogP) is 0.284. The first-order valence-electron chi connectivity index (χ1n) is 10.2. The summed E-state index contributed by atoms with van der Waals surface area (Å²) in [5.41, 5.74) is 0.488. The molecule has 168 valence electrons. The van der Waals surface area contributed by atoms with Gasteiger partial charge >= 0.3 is 5.97 Å². The fourth-order valence-corrected chi connectivity index (χ4v) is 2.76. The quantitative estimate of drug-likeness (QED) is 0.384. The zero-order valence-electron chi connectivity index (χ0n) is 17.8. The van der Waals surface area contributed by atoms with Gasteiger partial charge in [0.05, 0.1) is 25.3 Å². The smallest absolute Gasteiger partial charge is 0.333 e. The van der Waals surface area contributed by atoms with Gasteiger partial charge in [0.1, 0.15) is 5.78 Å². The fourth-order valence-electron chi connectivity index (χ4n) is 2.76. The molecule has 0 saturated carbocycles. The van der Waals surface area contributed by atoms with Crippen LogP contribution in [0.5, 0.6) is 0 Å². The summed E-state index contributed by atoms with van der Waals surface area (Å²) in [5.74, 6) is -1.33. The number of rotatable bonds is 14. The largest absolute Gasteiger partial charge is 0.358 e. The molecule has 0 aromatic rings. The predicted molar refractivity (Wildman–Crippen MR) is 109 cm³/mol. The van der Waals surface area contributed by atoms with Crippen molar-refractivity contribution in [1.29, 1.82) is 0 Å². The molecule has 1 aliphatic heterocycles. The molecule has 0 spiro atoms. The van der Waals surface area contributed by atoms with Crippen molar-refractivity contribution in [1.82, 2.24) is 20.6 Å². The number of carbonyl (C=O) groups is 5. The van der Waals surface area contributed by atoms with Crippen LogP contribution in [0.3, 0.4) is 0 Å². The van der Waals surface area contributed by atoms with Gasteiger partial charge in [0.15, 0.2) is 0 Å². The van der Waals surface area contributed by atoms with Crippen molar-refractivity contribution < 1.29 is 28.8 Å². The van der Waals surface area contributed by atoms with Crippen LogP contribution in [-0.2, 0) is 28.8 Å². The highest BCUT2D eigenvalue weighted by Crippen LogP contribution is 2.21. The Morgan fingerprint density at radius 2 is 1.77 bits per heavy atom. The lowest BCUT2D eigenvalue weighted by molar-refractivity contribution is -0.186. The molecule has 0 radical (unpaired) electrons. The molecule has 1 aliphatic rings. The van der Waals surface area contributed by atoms with Gasteiger partial charge < -0.3 is 15.5 Å². The molecule has 0 atom stereocenters. The van der Waals surface area contributed by atoms with Crippen molar-refractivity contribution in [3.63, 3.8) is 0 Å². The Bertz CT molecular complexity index is 630. The van der Waals surface area contributed by atoms with Crippen LogP contribution >= 0.6 is 0 Å². The van der Waals surface area contributed by atoms with E-state index in [4.69, 9.17) is 4.84 Å². The Balaban J connectivity index is 2.20. The van der Waals surface area contributed by atoms with E-state index in [1.54, 1.807) is 6.92 Å². The lowest BCUT2D eigenvalue weighted by Gasteiger charge is -2.20. The Labute approximate surface area is 176 Å². The highest BCUT2D eigenvalue weighted by Gasteiger charge is 2.27. The molecule has 0 unspecified atom stereocenters. The number of nitrogens with one attached hydrogen (secondary N) is 2. The molecular weight excluding hydrogens is 392 g/mol. The summed E-state index contributed by atoms with van der Waals surface area (Å²) in [6, 6.07) is 0. The Morgan fingerprint density at radius 1 is 1.07 bits per heavy atom. The second-order valence-corrected chi connectivity index (χ2v) is 7.09. The lowest BCUT2D eigenvalue weighted by Crippen LogP contribution is -2.44. The number of carbonyl (C=O) groups excluding carboxylic acids is 5.